The average molecular weight is 281 g/mol. The first-order valence-corrected chi connectivity index (χ1v) is 6.89. The number of benzene rings is 1. The summed E-state index contributed by atoms with van der Waals surface area (Å²) >= 11 is 7.46. The van der Waals surface area contributed by atoms with Crippen molar-refractivity contribution in [3.05, 3.63) is 51.2 Å². The van der Waals surface area contributed by atoms with Crippen molar-refractivity contribution >= 4 is 28.7 Å². The number of ether oxygens (including phenoxy) is 1. The van der Waals surface area contributed by atoms with Crippen LogP contribution in [0.2, 0.25) is 5.02 Å². The molecule has 0 saturated heterocycles. The minimum atomic E-state index is -0.0142. The highest BCUT2D eigenvalue weighted by Crippen LogP contribution is 2.24. The molecule has 0 unspecified atom stereocenters. The number of ketones is 1. The van der Waals surface area contributed by atoms with Gasteiger partial charge in [0.05, 0.1) is 9.90 Å². The molecule has 0 amide bonds. The van der Waals surface area contributed by atoms with Crippen LogP contribution in [-0.2, 0) is 6.42 Å². The fraction of sp³-hybridized carbons (Fsp3) is 0.214. The molecule has 2 aromatic rings. The maximum atomic E-state index is 11.9. The molecule has 0 radical (unpaired) electrons. The highest BCUT2D eigenvalue weighted by atomic mass is 35.5. The number of hydrogen-bond acceptors (Lipinski definition) is 3. The number of hydrogen-bond donors (Lipinski definition) is 0. The molecule has 0 saturated carbocycles. The van der Waals surface area contributed by atoms with E-state index < -0.39 is 0 Å². The van der Waals surface area contributed by atoms with Crippen LogP contribution < -0.4 is 4.74 Å². The number of Topliss-reactive ketones (excluding diaryl/α,β-unsaturated/α-hetero) is 1. The lowest BCUT2D eigenvalue weighted by Gasteiger charge is -2.05. The van der Waals surface area contributed by atoms with Crippen LogP contribution in [0.5, 0.6) is 5.75 Å². The standard InChI is InChI=1S/C14H13ClO2S/c1-2-10-7-8-14(18-10)12(16)9-17-13-6-4-3-5-11(13)15/h3-8H,2,9H2,1H3. The van der Waals surface area contributed by atoms with Gasteiger partial charge in [0.15, 0.2) is 6.61 Å². The molecule has 4 heteroatoms. The summed E-state index contributed by atoms with van der Waals surface area (Å²) in [5.74, 6) is 0.527. The molecule has 2 nitrogen and oxygen atoms in total. The van der Waals surface area contributed by atoms with Gasteiger partial charge >= 0.3 is 0 Å². The molecule has 1 heterocycles. The Bertz CT molecular complexity index is 548. The molecular weight excluding hydrogens is 268 g/mol. The first-order valence-electron chi connectivity index (χ1n) is 5.70. The lowest BCUT2D eigenvalue weighted by Crippen LogP contribution is -2.10. The lowest BCUT2D eigenvalue weighted by atomic mass is 10.3. The van der Waals surface area contributed by atoms with E-state index in [1.54, 1.807) is 12.1 Å². The van der Waals surface area contributed by atoms with Gasteiger partial charge < -0.3 is 4.74 Å². The summed E-state index contributed by atoms with van der Waals surface area (Å²) in [6.07, 6.45) is 0.948. The smallest absolute Gasteiger partial charge is 0.210 e. The van der Waals surface area contributed by atoms with E-state index in [1.807, 2.05) is 24.3 Å². The fourth-order valence-electron chi connectivity index (χ4n) is 1.49. The zero-order valence-corrected chi connectivity index (χ0v) is 11.6. The minimum absolute atomic E-state index is 0.0142. The molecule has 94 valence electrons. The zero-order chi connectivity index (χ0) is 13.0. The van der Waals surface area contributed by atoms with Crippen LogP contribution in [0.1, 0.15) is 21.5 Å². The Balaban J connectivity index is 1.98. The number of carbonyl (C=O) groups is 1. The third-order valence-corrected chi connectivity index (χ3v) is 4.06. The Hall–Kier alpha value is -1.32. The number of para-hydroxylation sites is 1. The molecule has 0 fully saturated rings. The van der Waals surface area contributed by atoms with Crippen LogP contribution in [0, 0.1) is 0 Å². The summed E-state index contributed by atoms with van der Waals surface area (Å²) in [4.78, 5) is 13.8. The molecule has 0 bridgehead atoms. The molecule has 0 aliphatic heterocycles. The Morgan fingerprint density at radius 3 is 2.72 bits per heavy atom. The zero-order valence-electron chi connectivity index (χ0n) is 9.98. The van der Waals surface area contributed by atoms with E-state index in [0.29, 0.717) is 10.8 Å². The van der Waals surface area contributed by atoms with E-state index in [1.165, 1.54) is 16.2 Å². The highest BCUT2D eigenvalue weighted by molar-refractivity contribution is 7.14. The van der Waals surface area contributed by atoms with Crippen molar-refractivity contribution < 1.29 is 9.53 Å². The molecule has 18 heavy (non-hydrogen) atoms. The molecule has 1 aromatic heterocycles. The predicted molar refractivity (Wildman–Crippen MR) is 75.0 cm³/mol. The van der Waals surface area contributed by atoms with Gasteiger partial charge in [-0.15, -0.1) is 11.3 Å². The summed E-state index contributed by atoms with van der Waals surface area (Å²) < 4.78 is 5.42. The van der Waals surface area contributed by atoms with Crippen LogP contribution in [0.3, 0.4) is 0 Å². The maximum absolute atomic E-state index is 11.9. The van der Waals surface area contributed by atoms with Gasteiger partial charge in [-0.1, -0.05) is 30.7 Å². The average Bonchev–Trinajstić information content (AvgIpc) is 2.86. The summed E-state index contributed by atoms with van der Waals surface area (Å²) in [5.41, 5.74) is 0. The molecule has 2 rings (SSSR count). The third kappa shape index (κ3) is 3.12. The fourth-order valence-corrected chi connectivity index (χ4v) is 2.56. The molecule has 0 spiro atoms. The van der Waals surface area contributed by atoms with E-state index in [-0.39, 0.29) is 12.4 Å². The minimum Gasteiger partial charge on any atom is -0.484 e. The molecule has 0 aliphatic carbocycles. The van der Waals surface area contributed by atoms with Crippen LogP contribution in [0.25, 0.3) is 0 Å². The predicted octanol–water partition coefficient (Wildman–Crippen LogP) is 4.23. The number of halogens is 1. The second-order valence-electron chi connectivity index (χ2n) is 3.76. The Morgan fingerprint density at radius 1 is 1.28 bits per heavy atom. The van der Waals surface area contributed by atoms with Gasteiger partial charge in [-0.3, -0.25) is 4.79 Å². The summed E-state index contributed by atoms with van der Waals surface area (Å²) in [7, 11) is 0. The maximum Gasteiger partial charge on any atom is 0.210 e. The molecule has 1 aromatic carbocycles. The number of aryl methyl sites for hydroxylation is 1. The van der Waals surface area contributed by atoms with Crippen LogP contribution >= 0.6 is 22.9 Å². The van der Waals surface area contributed by atoms with Crippen molar-refractivity contribution in [1.29, 1.82) is 0 Å². The molecule has 0 aliphatic rings. The number of carbonyl (C=O) groups excluding carboxylic acids is 1. The molecular formula is C14H13ClO2S. The lowest BCUT2D eigenvalue weighted by molar-refractivity contribution is 0.0925. The van der Waals surface area contributed by atoms with Gasteiger partial charge in [-0.25, -0.2) is 0 Å². The summed E-state index contributed by atoms with van der Waals surface area (Å²) in [6.45, 7) is 2.09. The second kappa shape index (κ2) is 6.03. The van der Waals surface area contributed by atoms with Gasteiger partial charge in [0.25, 0.3) is 0 Å². The van der Waals surface area contributed by atoms with Crippen molar-refractivity contribution in [1.82, 2.24) is 0 Å². The van der Waals surface area contributed by atoms with Crippen molar-refractivity contribution in [3.8, 4) is 5.75 Å². The van der Waals surface area contributed by atoms with E-state index in [0.717, 1.165) is 11.3 Å². The molecule has 0 atom stereocenters. The first kappa shape index (κ1) is 13.1. The van der Waals surface area contributed by atoms with E-state index in [4.69, 9.17) is 16.3 Å². The van der Waals surface area contributed by atoms with Gasteiger partial charge in [0.1, 0.15) is 5.75 Å². The topological polar surface area (TPSA) is 26.3 Å². The van der Waals surface area contributed by atoms with Gasteiger partial charge in [-0.05, 0) is 30.7 Å². The normalized spacial score (nSPS) is 10.3. The molecule has 0 N–H and O–H groups in total. The van der Waals surface area contributed by atoms with Crippen molar-refractivity contribution in [3.63, 3.8) is 0 Å². The largest absolute Gasteiger partial charge is 0.484 e. The number of rotatable bonds is 5. The van der Waals surface area contributed by atoms with Crippen LogP contribution in [-0.4, -0.2) is 12.4 Å². The third-order valence-electron chi connectivity index (χ3n) is 2.48. The van der Waals surface area contributed by atoms with Crippen molar-refractivity contribution in [2.45, 2.75) is 13.3 Å². The summed E-state index contributed by atoms with van der Waals surface area (Å²) in [6, 6.07) is 11.0. The van der Waals surface area contributed by atoms with Gasteiger partial charge in [-0.2, -0.15) is 0 Å². The second-order valence-corrected chi connectivity index (χ2v) is 5.34. The van der Waals surface area contributed by atoms with E-state index in [2.05, 4.69) is 6.92 Å². The van der Waals surface area contributed by atoms with Crippen LogP contribution in [0.4, 0.5) is 0 Å². The van der Waals surface area contributed by atoms with Crippen molar-refractivity contribution in [2.24, 2.45) is 0 Å². The Labute approximate surface area is 115 Å². The van der Waals surface area contributed by atoms with Crippen LogP contribution in [0.15, 0.2) is 36.4 Å². The monoisotopic (exact) mass is 280 g/mol. The van der Waals surface area contributed by atoms with Crippen molar-refractivity contribution in [2.75, 3.05) is 6.61 Å². The Morgan fingerprint density at radius 2 is 2.06 bits per heavy atom. The van der Waals surface area contributed by atoms with Gasteiger partial charge in [0, 0.05) is 4.88 Å². The highest BCUT2D eigenvalue weighted by Gasteiger charge is 2.10. The summed E-state index contributed by atoms with van der Waals surface area (Å²) in [5, 5.41) is 0.519. The Kier molecular flexibility index (Phi) is 4.39. The quantitative estimate of drug-likeness (QED) is 0.766. The SMILES string of the molecule is CCc1ccc(C(=O)COc2ccccc2Cl)s1. The number of thiophene rings is 1. The van der Waals surface area contributed by atoms with E-state index in [9.17, 15) is 4.79 Å². The van der Waals surface area contributed by atoms with E-state index >= 15 is 0 Å². The first-order chi connectivity index (χ1) is 8.70. The van der Waals surface area contributed by atoms with Gasteiger partial charge in [0.2, 0.25) is 5.78 Å².